The first-order chi connectivity index (χ1) is 8.09. The van der Waals surface area contributed by atoms with Crippen LogP contribution in [0.2, 0.25) is 0 Å². The summed E-state index contributed by atoms with van der Waals surface area (Å²) in [7, 11) is 0. The minimum atomic E-state index is -0.264. The molecule has 6 heteroatoms. The fourth-order valence-electron chi connectivity index (χ4n) is 1.64. The molecule has 0 aliphatic rings. The molecule has 2 aromatic heterocycles. The largest absolute Gasteiger partial charge is 0.393 e. The summed E-state index contributed by atoms with van der Waals surface area (Å²) in [5.74, 6) is 0.918. The van der Waals surface area contributed by atoms with E-state index < -0.39 is 0 Å². The average molecular weight is 233 g/mol. The van der Waals surface area contributed by atoms with Gasteiger partial charge in [-0.25, -0.2) is 9.97 Å². The van der Waals surface area contributed by atoms with Gasteiger partial charge in [0.1, 0.15) is 12.0 Å². The van der Waals surface area contributed by atoms with Crippen molar-refractivity contribution in [1.82, 2.24) is 19.7 Å². The van der Waals surface area contributed by atoms with Crippen molar-refractivity contribution in [1.29, 1.82) is 0 Å². The zero-order chi connectivity index (χ0) is 12.4. The van der Waals surface area contributed by atoms with Gasteiger partial charge in [-0.3, -0.25) is 9.89 Å². The Hall–Kier alpha value is -2.11. The van der Waals surface area contributed by atoms with Crippen LogP contribution >= 0.6 is 0 Å². The third-order valence-corrected chi connectivity index (χ3v) is 2.41. The topological polar surface area (TPSA) is 89.6 Å². The minimum Gasteiger partial charge on any atom is -0.393 e. The van der Waals surface area contributed by atoms with Gasteiger partial charge in [0, 0.05) is 12.3 Å². The Kier molecular flexibility index (Phi) is 2.95. The van der Waals surface area contributed by atoms with Crippen LogP contribution in [-0.4, -0.2) is 19.7 Å². The number of H-pyrrole nitrogens is 1. The van der Waals surface area contributed by atoms with E-state index in [-0.39, 0.29) is 11.2 Å². The summed E-state index contributed by atoms with van der Waals surface area (Å²) in [5, 5.41) is 2.99. The fraction of sp³-hybridized carbons (Fsp3) is 0.364. The molecule has 0 radical (unpaired) electrons. The molecule has 3 N–H and O–H groups in total. The SMILES string of the molecule is CC(C)Cc1[nH]n(-c2ccncn2)c(=O)c1N. The minimum absolute atomic E-state index is 0.261. The second-order valence-corrected chi connectivity index (χ2v) is 4.31. The third-order valence-electron chi connectivity index (χ3n) is 2.41. The molecule has 0 amide bonds. The van der Waals surface area contributed by atoms with Gasteiger partial charge in [0.2, 0.25) is 0 Å². The van der Waals surface area contributed by atoms with E-state index in [1.807, 2.05) is 0 Å². The van der Waals surface area contributed by atoms with Crippen molar-refractivity contribution >= 4 is 5.69 Å². The number of rotatable bonds is 3. The summed E-state index contributed by atoms with van der Waals surface area (Å²) in [6, 6.07) is 1.65. The summed E-state index contributed by atoms with van der Waals surface area (Å²) < 4.78 is 1.34. The van der Waals surface area contributed by atoms with E-state index in [9.17, 15) is 4.79 Å². The van der Waals surface area contributed by atoms with Crippen molar-refractivity contribution in [2.75, 3.05) is 5.73 Å². The first-order valence-electron chi connectivity index (χ1n) is 5.45. The molecular weight excluding hydrogens is 218 g/mol. The highest BCUT2D eigenvalue weighted by molar-refractivity contribution is 5.43. The number of aromatic nitrogens is 4. The molecule has 0 saturated heterocycles. The van der Waals surface area contributed by atoms with Gasteiger partial charge in [-0.05, 0) is 12.3 Å². The zero-order valence-corrected chi connectivity index (χ0v) is 9.84. The van der Waals surface area contributed by atoms with E-state index in [0.29, 0.717) is 11.7 Å². The molecule has 2 rings (SSSR count). The molecular formula is C11H15N5O. The van der Waals surface area contributed by atoms with E-state index in [0.717, 1.165) is 12.1 Å². The summed E-state index contributed by atoms with van der Waals surface area (Å²) >= 11 is 0. The van der Waals surface area contributed by atoms with Crippen molar-refractivity contribution in [3.63, 3.8) is 0 Å². The van der Waals surface area contributed by atoms with Gasteiger partial charge in [0.15, 0.2) is 5.82 Å². The van der Waals surface area contributed by atoms with Gasteiger partial charge in [-0.2, -0.15) is 4.68 Å². The first kappa shape index (κ1) is 11.4. The van der Waals surface area contributed by atoms with E-state index in [2.05, 4.69) is 28.9 Å². The molecule has 2 heterocycles. The van der Waals surface area contributed by atoms with Gasteiger partial charge in [0.05, 0.1) is 5.69 Å². The molecule has 2 aromatic rings. The van der Waals surface area contributed by atoms with Crippen LogP contribution in [0.15, 0.2) is 23.4 Å². The Bertz CT molecular complexity index is 555. The molecule has 0 unspecified atom stereocenters. The van der Waals surface area contributed by atoms with E-state index in [1.165, 1.54) is 11.0 Å². The van der Waals surface area contributed by atoms with Crippen LogP contribution in [0.5, 0.6) is 0 Å². The second kappa shape index (κ2) is 4.40. The highest BCUT2D eigenvalue weighted by Crippen LogP contribution is 2.11. The zero-order valence-electron chi connectivity index (χ0n) is 9.84. The van der Waals surface area contributed by atoms with Crippen LogP contribution in [-0.2, 0) is 6.42 Å². The molecule has 0 aromatic carbocycles. The van der Waals surface area contributed by atoms with Crippen LogP contribution in [0.1, 0.15) is 19.5 Å². The van der Waals surface area contributed by atoms with Crippen molar-refractivity contribution < 1.29 is 0 Å². The molecule has 6 nitrogen and oxygen atoms in total. The third kappa shape index (κ3) is 2.20. The molecule has 0 bridgehead atoms. The predicted molar refractivity (Wildman–Crippen MR) is 64.9 cm³/mol. The highest BCUT2D eigenvalue weighted by atomic mass is 16.1. The van der Waals surface area contributed by atoms with Gasteiger partial charge >= 0.3 is 0 Å². The Morgan fingerprint density at radius 1 is 1.53 bits per heavy atom. The quantitative estimate of drug-likeness (QED) is 0.818. The number of nitrogens with one attached hydrogen (secondary N) is 1. The number of hydrogen-bond acceptors (Lipinski definition) is 4. The Labute approximate surface area is 98.5 Å². The van der Waals surface area contributed by atoms with Gasteiger partial charge in [0.25, 0.3) is 5.56 Å². The number of nitrogens with zero attached hydrogens (tertiary/aromatic N) is 3. The molecule has 0 aliphatic carbocycles. The lowest BCUT2D eigenvalue weighted by atomic mass is 10.1. The summed E-state index contributed by atoms with van der Waals surface area (Å²) in [5.41, 5.74) is 6.53. The number of nitrogen functional groups attached to an aromatic ring is 1. The van der Waals surface area contributed by atoms with Crippen molar-refractivity contribution in [2.45, 2.75) is 20.3 Å². The van der Waals surface area contributed by atoms with Crippen LogP contribution in [0.3, 0.4) is 0 Å². The Balaban J connectivity index is 2.47. The van der Waals surface area contributed by atoms with Gasteiger partial charge in [-0.15, -0.1) is 0 Å². The van der Waals surface area contributed by atoms with E-state index in [4.69, 9.17) is 5.73 Å². The molecule has 0 aliphatic heterocycles. The van der Waals surface area contributed by atoms with Crippen LogP contribution in [0, 0.1) is 5.92 Å². The summed E-state index contributed by atoms with van der Waals surface area (Å²) in [4.78, 5) is 19.7. The molecule has 0 fully saturated rings. The van der Waals surface area contributed by atoms with Crippen molar-refractivity contribution in [3.05, 3.63) is 34.6 Å². The highest BCUT2D eigenvalue weighted by Gasteiger charge is 2.13. The normalized spacial score (nSPS) is 11.0. The standard InChI is InChI=1S/C11H15N5O/c1-7(2)5-8-10(12)11(17)16(15-8)9-3-4-13-6-14-9/h3-4,6-7,15H,5,12H2,1-2H3. The number of hydrogen-bond donors (Lipinski definition) is 2. The summed E-state index contributed by atoms with van der Waals surface area (Å²) in [6.45, 7) is 4.14. The molecule has 0 saturated carbocycles. The van der Waals surface area contributed by atoms with Crippen LogP contribution in [0.25, 0.3) is 5.82 Å². The second-order valence-electron chi connectivity index (χ2n) is 4.31. The van der Waals surface area contributed by atoms with Crippen molar-refractivity contribution in [3.8, 4) is 5.82 Å². The summed E-state index contributed by atoms with van der Waals surface area (Å²) in [6.07, 6.45) is 3.70. The smallest absolute Gasteiger partial charge is 0.296 e. The first-order valence-corrected chi connectivity index (χ1v) is 5.45. The lowest BCUT2D eigenvalue weighted by molar-refractivity contribution is 0.627. The maximum Gasteiger partial charge on any atom is 0.296 e. The number of aromatic amines is 1. The predicted octanol–water partition coefficient (Wildman–Crippen LogP) is 0.736. The molecule has 0 spiro atoms. The van der Waals surface area contributed by atoms with E-state index in [1.54, 1.807) is 12.3 Å². The molecule has 90 valence electrons. The van der Waals surface area contributed by atoms with Gasteiger partial charge < -0.3 is 5.73 Å². The Morgan fingerprint density at radius 2 is 2.29 bits per heavy atom. The van der Waals surface area contributed by atoms with Crippen LogP contribution < -0.4 is 11.3 Å². The number of anilines is 1. The lowest BCUT2D eigenvalue weighted by Gasteiger charge is -2.02. The lowest BCUT2D eigenvalue weighted by Crippen LogP contribution is -2.17. The average Bonchev–Trinajstić information content (AvgIpc) is 2.58. The van der Waals surface area contributed by atoms with Gasteiger partial charge in [-0.1, -0.05) is 13.8 Å². The fourth-order valence-corrected chi connectivity index (χ4v) is 1.64. The Morgan fingerprint density at radius 3 is 2.88 bits per heavy atom. The van der Waals surface area contributed by atoms with Crippen molar-refractivity contribution in [2.24, 2.45) is 5.92 Å². The maximum atomic E-state index is 11.9. The number of nitrogens with two attached hydrogens (primary N) is 1. The van der Waals surface area contributed by atoms with Crippen LogP contribution in [0.4, 0.5) is 5.69 Å². The molecule has 0 atom stereocenters. The monoisotopic (exact) mass is 233 g/mol. The maximum absolute atomic E-state index is 11.9. The van der Waals surface area contributed by atoms with E-state index >= 15 is 0 Å². The molecule has 17 heavy (non-hydrogen) atoms.